The highest BCUT2D eigenvalue weighted by molar-refractivity contribution is 5.91. The molecule has 2 saturated heterocycles. The van der Waals surface area contributed by atoms with Crippen molar-refractivity contribution in [1.82, 2.24) is 15.1 Å². The smallest absolute Gasteiger partial charge is 0.245 e. The highest BCUT2D eigenvalue weighted by Gasteiger charge is 2.36. The van der Waals surface area contributed by atoms with Crippen LogP contribution in [0.15, 0.2) is 67.3 Å². The summed E-state index contributed by atoms with van der Waals surface area (Å²) in [7, 11) is 0. The van der Waals surface area contributed by atoms with Gasteiger partial charge in [0.15, 0.2) is 0 Å². The lowest BCUT2D eigenvalue weighted by Crippen LogP contribution is -2.46. The third-order valence-electron chi connectivity index (χ3n) is 6.21. The molecule has 1 N–H and O–H groups in total. The lowest BCUT2D eigenvalue weighted by molar-refractivity contribution is -0.136. The molecule has 2 aromatic rings. The van der Waals surface area contributed by atoms with Crippen LogP contribution in [0.4, 0.5) is 0 Å². The minimum Gasteiger partial charge on any atom is -0.344 e. The van der Waals surface area contributed by atoms with Crippen molar-refractivity contribution in [2.75, 3.05) is 26.2 Å². The van der Waals surface area contributed by atoms with Crippen molar-refractivity contribution >= 4 is 17.7 Å². The van der Waals surface area contributed by atoms with Crippen molar-refractivity contribution in [3.05, 3.63) is 72.8 Å². The third-order valence-corrected chi connectivity index (χ3v) is 6.21. The second kappa shape index (κ2) is 9.81. The molecule has 0 radical (unpaired) electrons. The van der Waals surface area contributed by atoms with Crippen LogP contribution in [0.5, 0.6) is 0 Å². The van der Waals surface area contributed by atoms with E-state index in [9.17, 15) is 14.4 Å². The van der Waals surface area contributed by atoms with Crippen LogP contribution < -0.4 is 5.32 Å². The molecule has 0 aromatic heterocycles. The summed E-state index contributed by atoms with van der Waals surface area (Å²) < 4.78 is 0. The number of benzene rings is 2. The standard InChI is InChI=1S/C26H29N3O3/c1-2-13-28-14-15-29(26(32)23-11-12-24(30)27-23)18-22(25(28)31)17-19-7-6-10-21(16-19)20-8-4-3-5-9-20/h2-10,16,22-23H,1,11-15,17-18H2,(H,27,30)/t22-,23-/m1/s1. The number of hydrogen-bond donors (Lipinski definition) is 1. The molecule has 0 unspecified atom stereocenters. The molecular formula is C26H29N3O3. The summed E-state index contributed by atoms with van der Waals surface area (Å²) in [6, 6.07) is 17.9. The average molecular weight is 432 g/mol. The van der Waals surface area contributed by atoms with E-state index in [2.05, 4.69) is 36.2 Å². The normalized spacial score (nSPS) is 21.2. The first-order chi connectivity index (χ1) is 15.5. The lowest BCUT2D eigenvalue weighted by Gasteiger charge is -2.26. The summed E-state index contributed by atoms with van der Waals surface area (Å²) in [6.07, 6.45) is 3.16. The molecule has 2 atom stereocenters. The highest BCUT2D eigenvalue weighted by atomic mass is 16.2. The van der Waals surface area contributed by atoms with Crippen molar-refractivity contribution in [1.29, 1.82) is 0 Å². The van der Waals surface area contributed by atoms with Crippen molar-refractivity contribution in [2.45, 2.75) is 25.3 Å². The van der Waals surface area contributed by atoms with Gasteiger partial charge in [-0.2, -0.15) is 0 Å². The number of carbonyl (C=O) groups is 3. The number of carbonyl (C=O) groups excluding carboxylic acids is 3. The second-order valence-corrected chi connectivity index (χ2v) is 8.48. The molecule has 2 fully saturated rings. The Hall–Kier alpha value is -3.41. The van der Waals surface area contributed by atoms with E-state index >= 15 is 0 Å². The molecule has 2 aromatic carbocycles. The molecule has 2 aliphatic rings. The Bertz CT molecular complexity index is 1000. The largest absolute Gasteiger partial charge is 0.344 e. The Labute approximate surface area is 188 Å². The summed E-state index contributed by atoms with van der Waals surface area (Å²) in [5.41, 5.74) is 3.30. The van der Waals surface area contributed by atoms with Gasteiger partial charge in [-0.1, -0.05) is 60.7 Å². The number of nitrogens with one attached hydrogen (secondary N) is 1. The van der Waals surface area contributed by atoms with E-state index in [0.717, 1.165) is 16.7 Å². The molecule has 0 bridgehead atoms. The van der Waals surface area contributed by atoms with Crippen LogP contribution in [0.25, 0.3) is 11.1 Å². The van der Waals surface area contributed by atoms with Crippen molar-refractivity contribution in [3.63, 3.8) is 0 Å². The zero-order chi connectivity index (χ0) is 22.5. The predicted octanol–water partition coefficient (Wildman–Crippen LogP) is 2.65. The molecule has 0 aliphatic carbocycles. The zero-order valence-corrected chi connectivity index (χ0v) is 18.2. The quantitative estimate of drug-likeness (QED) is 0.715. The minimum absolute atomic E-state index is 0.0424. The Balaban J connectivity index is 1.55. The van der Waals surface area contributed by atoms with Crippen LogP contribution in [0.2, 0.25) is 0 Å². The zero-order valence-electron chi connectivity index (χ0n) is 18.2. The molecule has 0 spiro atoms. The third kappa shape index (κ3) is 4.90. The van der Waals surface area contributed by atoms with Crippen LogP contribution >= 0.6 is 0 Å². The van der Waals surface area contributed by atoms with Gasteiger partial charge in [0.1, 0.15) is 6.04 Å². The average Bonchev–Trinajstić information content (AvgIpc) is 3.20. The Morgan fingerprint density at radius 3 is 2.56 bits per heavy atom. The molecule has 3 amide bonds. The fraction of sp³-hybridized carbons (Fsp3) is 0.346. The molecule has 2 aliphatic heterocycles. The lowest BCUT2D eigenvalue weighted by atomic mass is 9.94. The van der Waals surface area contributed by atoms with E-state index in [1.165, 1.54) is 0 Å². The van der Waals surface area contributed by atoms with E-state index < -0.39 is 6.04 Å². The van der Waals surface area contributed by atoms with Crippen LogP contribution in [0, 0.1) is 5.92 Å². The molecule has 0 saturated carbocycles. The van der Waals surface area contributed by atoms with E-state index in [1.807, 2.05) is 30.3 Å². The molecule has 32 heavy (non-hydrogen) atoms. The maximum atomic E-state index is 13.3. The van der Waals surface area contributed by atoms with E-state index in [-0.39, 0.29) is 23.6 Å². The van der Waals surface area contributed by atoms with Gasteiger partial charge in [-0.25, -0.2) is 0 Å². The van der Waals surface area contributed by atoms with Gasteiger partial charge in [0.05, 0.1) is 5.92 Å². The SMILES string of the molecule is C=CCN1CCN(C(=O)[C@H]2CCC(=O)N2)C[C@@H](Cc2cccc(-c3ccccc3)c2)C1=O. The Morgan fingerprint density at radius 2 is 1.84 bits per heavy atom. The topological polar surface area (TPSA) is 69.7 Å². The molecule has 6 nitrogen and oxygen atoms in total. The maximum absolute atomic E-state index is 13.3. The van der Waals surface area contributed by atoms with Crippen LogP contribution in [0.3, 0.4) is 0 Å². The van der Waals surface area contributed by atoms with Gasteiger partial charge in [0.2, 0.25) is 17.7 Å². The van der Waals surface area contributed by atoms with E-state index in [1.54, 1.807) is 15.9 Å². The monoisotopic (exact) mass is 431 g/mol. The summed E-state index contributed by atoms with van der Waals surface area (Å²) in [6.45, 7) is 5.53. The summed E-state index contributed by atoms with van der Waals surface area (Å²) in [4.78, 5) is 41.5. The number of nitrogens with zero attached hydrogens (tertiary/aromatic N) is 2. The number of rotatable bonds is 6. The van der Waals surface area contributed by atoms with Crippen molar-refractivity contribution < 1.29 is 14.4 Å². The molecule has 166 valence electrons. The van der Waals surface area contributed by atoms with Crippen molar-refractivity contribution in [2.24, 2.45) is 5.92 Å². The Morgan fingerprint density at radius 1 is 1.06 bits per heavy atom. The van der Waals surface area contributed by atoms with Crippen LogP contribution in [0.1, 0.15) is 18.4 Å². The van der Waals surface area contributed by atoms with Gasteiger partial charge in [0, 0.05) is 32.6 Å². The van der Waals surface area contributed by atoms with Crippen LogP contribution in [-0.2, 0) is 20.8 Å². The van der Waals surface area contributed by atoms with E-state index in [0.29, 0.717) is 45.4 Å². The number of hydrogen-bond acceptors (Lipinski definition) is 3. The molecular weight excluding hydrogens is 402 g/mol. The molecule has 4 rings (SSSR count). The summed E-state index contributed by atoms with van der Waals surface area (Å²) >= 11 is 0. The predicted molar refractivity (Wildman–Crippen MR) is 124 cm³/mol. The molecule has 6 heteroatoms. The first-order valence-corrected chi connectivity index (χ1v) is 11.2. The molecule has 2 heterocycles. The first kappa shape index (κ1) is 21.8. The van der Waals surface area contributed by atoms with Gasteiger partial charge < -0.3 is 15.1 Å². The minimum atomic E-state index is -0.481. The summed E-state index contributed by atoms with van der Waals surface area (Å²) in [5, 5.41) is 2.76. The number of amides is 3. The maximum Gasteiger partial charge on any atom is 0.245 e. The first-order valence-electron chi connectivity index (χ1n) is 11.2. The fourth-order valence-corrected chi connectivity index (χ4v) is 4.55. The van der Waals surface area contributed by atoms with Gasteiger partial charge in [-0.3, -0.25) is 14.4 Å². The van der Waals surface area contributed by atoms with Gasteiger partial charge >= 0.3 is 0 Å². The van der Waals surface area contributed by atoms with E-state index in [4.69, 9.17) is 0 Å². The van der Waals surface area contributed by atoms with Gasteiger partial charge in [-0.05, 0) is 29.5 Å². The summed E-state index contributed by atoms with van der Waals surface area (Å²) in [5.74, 6) is -0.478. The van der Waals surface area contributed by atoms with Crippen LogP contribution in [-0.4, -0.2) is 59.7 Å². The fourth-order valence-electron chi connectivity index (χ4n) is 4.55. The highest BCUT2D eigenvalue weighted by Crippen LogP contribution is 2.24. The van der Waals surface area contributed by atoms with Gasteiger partial charge in [-0.15, -0.1) is 6.58 Å². The second-order valence-electron chi connectivity index (χ2n) is 8.48. The Kier molecular flexibility index (Phi) is 6.69. The van der Waals surface area contributed by atoms with Gasteiger partial charge in [0.25, 0.3) is 0 Å². The van der Waals surface area contributed by atoms with Crippen molar-refractivity contribution in [3.8, 4) is 11.1 Å².